The summed E-state index contributed by atoms with van der Waals surface area (Å²) in [5.74, 6) is 2.49. The number of alkyl halides is 3. The van der Waals surface area contributed by atoms with Crippen LogP contribution in [0.5, 0.6) is 0 Å². The van der Waals surface area contributed by atoms with E-state index in [1.807, 2.05) is 12.4 Å². The van der Waals surface area contributed by atoms with Gasteiger partial charge < -0.3 is 20.2 Å². The monoisotopic (exact) mass is 580 g/mol. The molecule has 2 aromatic heterocycles. The third-order valence-corrected chi connectivity index (χ3v) is 8.49. The van der Waals surface area contributed by atoms with E-state index >= 15 is 0 Å². The Morgan fingerprint density at radius 1 is 1.02 bits per heavy atom. The molecule has 0 radical (unpaired) electrons. The maximum atomic E-state index is 10.6. The van der Waals surface area contributed by atoms with Crippen molar-refractivity contribution in [3.05, 3.63) is 34.7 Å². The van der Waals surface area contributed by atoms with Gasteiger partial charge >= 0.3 is 12.1 Å². The van der Waals surface area contributed by atoms with Crippen LogP contribution in [0.25, 0.3) is 0 Å². The quantitative estimate of drug-likeness (QED) is 0.399. The van der Waals surface area contributed by atoms with Crippen molar-refractivity contribution >= 4 is 35.0 Å². The van der Waals surface area contributed by atoms with Crippen molar-refractivity contribution < 1.29 is 23.1 Å². The number of carbonyl (C=O) groups is 1. The molecule has 12 heteroatoms. The summed E-state index contributed by atoms with van der Waals surface area (Å²) in [6, 6.07) is 2.17. The van der Waals surface area contributed by atoms with Crippen LogP contribution in [0.15, 0.2) is 18.5 Å². The normalized spacial score (nSPS) is 22.1. The van der Waals surface area contributed by atoms with Gasteiger partial charge in [-0.05, 0) is 87.4 Å². The van der Waals surface area contributed by atoms with Gasteiger partial charge in [-0.25, -0.2) is 14.8 Å². The van der Waals surface area contributed by atoms with E-state index < -0.39 is 12.1 Å². The van der Waals surface area contributed by atoms with Gasteiger partial charge in [0.15, 0.2) is 0 Å². The van der Waals surface area contributed by atoms with Crippen LogP contribution in [-0.4, -0.2) is 69.8 Å². The Morgan fingerprint density at radius 3 is 2.25 bits per heavy atom. The minimum Gasteiger partial charge on any atom is -0.475 e. The summed E-state index contributed by atoms with van der Waals surface area (Å²) in [5.41, 5.74) is 2.35. The van der Waals surface area contributed by atoms with Gasteiger partial charge in [0.05, 0.1) is 23.1 Å². The van der Waals surface area contributed by atoms with E-state index in [9.17, 15) is 13.2 Å². The Kier molecular flexibility index (Phi) is 8.70. The molecule has 2 aliphatic heterocycles. The number of likely N-dealkylation sites (tertiary alicyclic amines) is 1. The van der Waals surface area contributed by atoms with Crippen LogP contribution in [0, 0.1) is 11.8 Å². The SMILES string of the molecule is CC1CCN(c2nc(Nc3cnc(C4CC4)cn3)cc(C3CCN(CC4CC4)CC3)c2Cl)C1.O=C(O)C(F)(F)F. The summed E-state index contributed by atoms with van der Waals surface area (Å²) in [7, 11) is 0. The summed E-state index contributed by atoms with van der Waals surface area (Å²) in [6.45, 7) is 7.98. The lowest BCUT2D eigenvalue weighted by molar-refractivity contribution is -0.192. The highest BCUT2D eigenvalue weighted by molar-refractivity contribution is 6.34. The fourth-order valence-corrected chi connectivity index (χ4v) is 5.82. The van der Waals surface area contributed by atoms with Crippen molar-refractivity contribution in [1.82, 2.24) is 19.9 Å². The maximum Gasteiger partial charge on any atom is 0.490 e. The molecule has 4 heterocycles. The molecule has 0 bridgehead atoms. The lowest BCUT2D eigenvalue weighted by atomic mass is 9.89. The molecule has 4 aliphatic rings. The molecule has 2 aliphatic carbocycles. The Bertz CT molecular complexity index is 1180. The molecule has 2 saturated heterocycles. The van der Waals surface area contributed by atoms with Crippen LogP contribution in [0.3, 0.4) is 0 Å². The highest BCUT2D eigenvalue weighted by atomic mass is 35.5. The number of rotatable bonds is 7. The van der Waals surface area contributed by atoms with Crippen molar-refractivity contribution in [3.63, 3.8) is 0 Å². The van der Waals surface area contributed by atoms with Crippen LogP contribution in [0.2, 0.25) is 5.02 Å². The molecule has 0 aromatic carbocycles. The number of piperidine rings is 1. The fourth-order valence-electron chi connectivity index (χ4n) is 5.45. The first kappa shape index (κ1) is 28.9. The lowest BCUT2D eigenvalue weighted by Gasteiger charge is -2.33. The van der Waals surface area contributed by atoms with Crippen LogP contribution in [0.4, 0.5) is 30.6 Å². The number of pyridine rings is 1. The van der Waals surface area contributed by atoms with Crippen molar-refractivity contribution in [2.45, 2.75) is 69.9 Å². The number of hydrogen-bond donors (Lipinski definition) is 2. The average Bonchev–Trinajstić information content (AvgIpc) is 3.85. The molecule has 218 valence electrons. The Hall–Kier alpha value is -2.66. The summed E-state index contributed by atoms with van der Waals surface area (Å²) < 4.78 is 31.7. The molecular formula is C28H36ClF3N6O2. The Labute approximate surface area is 237 Å². The number of anilines is 3. The van der Waals surface area contributed by atoms with Gasteiger partial charge in [0.1, 0.15) is 17.5 Å². The predicted molar refractivity (Wildman–Crippen MR) is 147 cm³/mol. The van der Waals surface area contributed by atoms with Crippen molar-refractivity contribution in [1.29, 1.82) is 0 Å². The number of aliphatic carboxylic acids is 1. The van der Waals surface area contributed by atoms with Crippen molar-refractivity contribution in [3.8, 4) is 0 Å². The average molecular weight is 581 g/mol. The molecule has 0 amide bonds. The van der Waals surface area contributed by atoms with Crippen LogP contribution in [-0.2, 0) is 4.79 Å². The zero-order valence-corrected chi connectivity index (χ0v) is 23.4. The lowest BCUT2D eigenvalue weighted by Crippen LogP contribution is -2.34. The van der Waals surface area contributed by atoms with Gasteiger partial charge in [-0.2, -0.15) is 13.2 Å². The van der Waals surface area contributed by atoms with Crippen molar-refractivity contribution in [2.24, 2.45) is 11.8 Å². The largest absolute Gasteiger partial charge is 0.490 e. The third kappa shape index (κ3) is 7.54. The van der Waals surface area contributed by atoms with Gasteiger partial charge in [-0.1, -0.05) is 18.5 Å². The number of hydrogen-bond acceptors (Lipinski definition) is 7. The Morgan fingerprint density at radius 2 is 1.73 bits per heavy atom. The molecule has 2 N–H and O–H groups in total. The van der Waals surface area contributed by atoms with Crippen LogP contribution in [0.1, 0.15) is 75.0 Å². The van der Waals surface area contributed by atoms with E-state index in [1.54, 1.807) is 0 Å². The minimum atomic E-state index is -5.08. The zero-order chi connectivity index (χ0) is 28.4. The number of carboxylic acids is 1. The van der Waals surface area contributed by atoms with Crippen molar-refractivity contribution in [2.75, 3.05) is 42.9 Å². The third-order valence-electron chi connectivity index (χ3n) is 8.10. The summed E-state index contributed by atoms with van der Waals surface area (Å²) in [6.07, 6.45) is 7.52. The predicted octanol–water partition coefficient (Wildman–Crippen LogP) is 6.21. The zero-order valence-electron chi connectivity index (χ0n) is 22.6. The molecule has 1 atom stereocenters. The van der Waals surface area contributed by atoms with Gasteiger partial charge in [-0.15, -0.1) is 0 Å². The standard InChI is InChI=1S/C26H35ClN6.C2HF3O2/c1-17-6-11-33(15-17)26-25(27)21(19-7-9-32(10-8-19)16-18-2-3-18)12-23(31-26)30-24-14-28-22(13-29-24)20-4-5-20;3-2(4,5)1(6)7/h12-14,17-20H,2-11,15-16H2,1H3,(H,29,30,31);(H,6,7). The number of halogens is 4. The first-order valence-corrected chi connectivity index (χ1v) is 14.5. The number of aromatic nitrogens is 3. The smallest absolute Gasteiger partial charge is 0.475 e. The highest BCUT2D eigenvalue weighted by Crippen LogP contribution is 2.41. The molecule has 2 saturated carbocycles. The molecule has 1 unspecified atom stereocenters. The molecule has 2 aromatic rings. The second kappa shape index (κ2) is 12.1. The molecule has 4 fully saturated rings. The van der Waals surface area contributed by atoms with E-state index in [0.29, 0.717) is 17.8 Å². The topological polar surface area (TPSA) is 94.5 Å². The van der Waals surface area contributed by atoms with Gasteiger partial charge in [0.25, 0.3) is 0 Å². The van der Waals surface area contributed by atoms with Crippen LogP contribution < -0.4 is 10.2 Å². The second-order valence-corrected chi connectivity index (χ2v) is 12.0. The van der Waals surface area contributed by atoms with Gasteiger partial charge in [0.2, 0.25) is 0 Å². The summed E-state index contributed by atoms with van der Waals surface area (Å²) in [4.78, 5) is 28.1. The molecule has 40 heavy (non-hydrogen) atoms. The van der Waals surface area contributed by atoms with E-state index in [4.69, 9.17) is 26.5 Å². The summed E-state index contributed by atoms with van der Waals surface area (Å²) >= 11 is 7.06. The first-order valence-electron chi connectivity index (χ1n) is 14.1. The molecular weight excluding hydrogens is 545 g/mol. The van der Waals surface area contributed by atoms with Gasteiger partial charge in [0, 0.05) is 25.6 Å². The van der Waals surface area contributed by atoms with E-state index in [2.05, 4.69) is 38.1 Å². The number of nitrogens with zero attached hydrogens (tertiary/aromatic N) is 5. The first-order chi connectivity index (χ1) is 19.1. The molecule has 6 rings (SSSR count). The number of carboxylic acid groups (broad SMARTS) is 1. The van der Waals surface area contributed by atoms with Gasteiger partial charge in [-0.3, -0.25) is 4.98 Å². The second-order valence-electron chi connectivity index (χ2n) is 11.6. The summed E-state index contributed by atoms with van der Waals surface area (Å²) in [5, 5.41) is 11.4. The Balaban J connectivity index is 0.000000411. The van der Waals surface area contributed by atoms with Crippen LogP contribution >= 0.6 is 11.6 Å². The minimum absolute atomic E-state index is 0.485. The maximum absolute atomic E-state index is 10.6. The fraction of sp³-hybridized carbons (Fsp3) is 0.643. The molecule has 0 spiro atoms. The van der Waals surface area contributed by atoms with E-state index in [0.717, 1.165) is 47.2 Å². The number of nitrogens with one attached hydrogen (secondary N) is 1. The van der Waals surface area contributed by atoms with E-state index in [1.165, 1.54) is 70.1 Å². The highest BCUT2D eigenvalue weighted by Gasteiger charge is 2.38. The van der Waals surface area contributed by atoms with E-state index in [-0.39, 0.29) is 0 Å². The molecule has 8 nitrogen and oxygen atoms in total.